The van der Waals surface area contributed by atoms with Crippen molar-refractivity contribution in [1.29, 1.82) is 0 Å². The Bertz CT molecular complexity index is 514. The fourth-order valence-electron chi connectivity index (χ4n) is 1.73. The van der Waals surface area contributed by atoms with Gasteiger partial charge in [-0.3, -0.25) is 9.59 Å². The molecule has 0 fully saturated rings. The summed E-state index contributed by atoms with van der Waals surface area (Å²) in [4.78, 5) is 23.3. The van der Waals surface area contributed by atoms with Crippen molar-refractivity contribution in [2.24, 2.45) is 5.92 Å². The second-order valence-corrected chi connectivity index (χ2v) is 6.44. The van der Waals surface area contributed by atoms with E-state index in [1.807, 2.05) is 38.1 Å². The van der Waals surface area contributed by atoms with E-state index in [1.165, 1.54) is 0 Å². The maximum absolute atomic E-state index is 12.4. The molecular weight excluding hydrogens is 322 g/mol. The van der Waals surface area contributed by atoms with Crippen LogP contribution in [-0.2, 0) is 15.0 Å². The number of hydrogen-bond donors (Lipinski definition) is 2. The summed E-state index contributed by atoms with van der Waals surface area (Å²) < 4.78 is 0.905. The van der Waals surface area contributed by atoms with Crippen molar-refractivity contribution in [3.8, 4) is 0 Å². The zero-order chi connectivity index (χ0) is 15.5. The highest BCUT2D eigenvalue weighted by Gasteiger charge is 2.32. The molecule has 2 N–H and O–H groups in total. The van der Waals surface area contributed by atoms with Gasteiger partial charge in [0.25, 0.3) is 0 Å². The maximum Gasteiger partial charge on any atom is 0.308 e. The molecule has 2 atom stereocenters. The van der Waals surface area contributed by atoms with Gasteiger partial charge in [0, 0.05) is 10.5 Å². The summed E-state index contributed by atoms with van der Waals surface area (Å²) in [7, 11) is 0. The number of amides is 1. The Kier molecular flexibility index (Phi) is 5.34. The van der Waals surface area contributed by atoms with Gasteiger partial charge in [-0.25, -0.2) is 0 Å². The van der Waals surface area contributed by atoms with Gasteiger partial charge in [-0.2, -0.15) is 0 Å². The van der Waals surface area contributed by atoms with Crippen LogP contribution in [-0.4, -0.2) is 23.0 Å². The van der Waals surface area contributed by atoms with Crippen molar-refractivity contribution in [1.82, 2.24) is 5.32 Å². The first-order valence-corrected chi connectivity index (χ1v) is 7.25. The molecule has 0 aliphatic heterocycles. The SMILES string of the molecule is CC(NC(=O)C(C)(C)c1cccc(Br)c1)C(C)C(=O)O. The lowest BCUT2D eigenvalue weighted by Crippen LogP contribution is -2.47. The molecule has 0 saturated carbocycles. The van der Waals surface area contributed by atoms with E-state index in [9.17, 15) is 9.59 Å². The van der Waals surface area contributed by atoms with Crippen LogP contribution in [0.2, 0.25) is 0 Å². The number of halogens is 1. The molecule has 1 aromatic carbocycles. The third kappa shape index (κ3) is 3.82. The Labute approximate surface area is 127 Å². The molecule has 0 aromatic heterocycles. The van der Waals surface area contributed by atoms with E-state index >= 15 is 0 Å². The van der Waals surface area contributed by atoms with Gasteiger partial charge < -0.3 is 10.4 Å². The first kappa shape index (κ1) is 16.7. The predicted molar refractivity (Wildman–Crippen MR) is 81.6 cm³/mol. The molecule has 0 radical (unpaired) electrons. The predicted octanol–water partition coefficient (Wildman–Crippen LogP) is 2.95. The largest absolute Gasteiger partial charge is 0.481 e. The molecule has 0 bridgehead atoms. The quantitative estimate of drug-likeness (QED) is 0.865. The smallest absolute Gasteiger partial charge is 0.308 e. The number of aliphatic carboxylic acids is 1. The van der Waals surface area contributed by atoms with E-state index in [0.29, 0.717) is 0 Å². The van der Waals surface area contributed by atoms with Gasteiger partial charge >= 0.3 is 5.97 Å². The highest BCUT2D eigenvalue weighted by Crippen LogP contribution is 2.26. The summed E-state index contributed by atoms with van der Waals surface area (Å²) in [6.07, 6.45) is 0. The Morgan fingerprint density at radius 1 is 1.30 bits per heavy atom. The molecule has 0 aliphatic carbocycles. The molecule has 2 unspecified atom stereocenters. The lowest BCUT2D eigenvalue weighted by Gasteiger charge is -2.28. The van der Waals surface area contributed by atoms with Crippen LogP contribution < -0.4 is 5.32 Å². The Balaban J connectivity index is 2.87. The third-order valence-corrected chi connectivity index (χ3v) is 4.11. The highest BCUT2D eigenvalue weighted by molar-refractivity contribution is 9.10. The van der Waals surface area contributed by atoms with E-state index < -0.39 is 23.3 Å². The molecule has 1 amide bonds. The highest BCUT2D eigenvalue weighted by atomic mass is 79.9. The molecular formula is C15H20BrNO3. The zero-order valence-corrected chi connectivity index (χ0v) is 13.7. The molecule has 0 heterocycles. The number of carbonyl (C=O) groups is 2. The number of carboxylic acid groups (broad SMARTS) is 1. The van der Waals surface area contributed by atoms with Gasteiger partial charge in [-0.15, -0.1) is 0 Å². The van der Waals surface area contributed by atoms with E-state index in [-0.39, 0.29) is 5.91 Å². The van der Waals surface area contributed by atoms with Crippen molar-refractivity contribution in [2.45, 2.75) is 39.2 Å². The fourth-order valence-corrected chi connectivity index (χ4v) is 2.13. The van der Waals surface area contributed by atoms with E-state index in [4.69, 9.17) is 5.11 Å². The van der Waals surface area contributed by atoms with Crippen LogP contribution in [0.5, 0.6) is 0 Å². The maximum atomic E-state index is 12.4. The number of rotatable bonds is 5. The monoisotopic (exact) mass is 341 g/mol. The number of carbonyl (C=O) groups excluding carboxylic acids is 1. The van der Waals surface area contributed by atoms with Crippen molar-refractivity contribution in [3.05, 3.63) is 34.3 Å². The summed E-state index contributed by atoms with van der Waals surface area (Å²) in [5, 5.41) is 11.7. The normalized spacial score (nSPS) is 14.4. The summed E-state index contributed by atoms with van der Waals surface area (Å²) in [5.74, 6) is -1.73. The van der Waals surface area contributed by atoms with Crippen LogP contribution in [0.3, 0.4) is 0 Å². The van der Waals surface area contributed by atoms with Gasteiger partial charge in [0.15, 0.2) is 0 Å². The van der Waals surface area contributed by atoms with Gasteiger partial charge in [0.2, 0.25) is 5.91 Å². The summed E-state index contributed by atoms with van der Waals surface area (Å²) in [6.45, 7) is 6.93. The number of carboxylic acids is 1. The standard InChI is InChI=1S/C15H20BrNO3/c1-9(13(18)19)10(2)17-14(20)15(3,4)11-6-5-7-12(16)8-11/h5-10H,1-4H3,(H,17,20)(H,18,19). The van der Waals surface area contributed by atoms with E-state index in [1.54, 1.807) is 13.8 Å². The van der Waals surface area contributed by atoms with Crippen molar-refractivity contribution >= 4 is 27.8 Å². The molecule has 0 spiro atoms. The van der Waals surface area contributed by atoms with E-state index in [2.05, 4.69) is 21.2 Å². The second-order valence-electron chi connectivity index (χ2n) is 5.52. The number of hydrogen-bond acceptors (Lipinski definition) is 2. The molecule has 1 aromatic rings. The minimum absolute atomic E-state index is 0.184. The van der Waals surface area contributed by atoms with Crippen LogP contribution in [0.4, 0.5) is 0 Å². The summed E-state index contributed by atoms with van der Waals surface area (Å²) in [5.41, 5.74) is 0.149. The molecule has 5 heteroatoms. The molecule has 0 saturated heterocycles. The topological polar surface area (TPSA) is 66.4 Å². The van der Waals surface area contributed by atoms with Crippen LogP contribution >= 0.6 is 15.9 Å². The van der Waals surface area contributed by atoms with Crippen molar-refractivity contribution in [2.75, 3.05) is 0 Å². The van der Waals surface area contributed by atoms with E-state index in [0.717, 1.165) is 10.0 Å². The van der Waals surface area contributed by atoms with Gasteiger partial charge in [-0.1, -0.05) is 28.1 Å². The molecule has 4 nitrogen and oxygen atoms in total. The van der Waals surface area contributed by atoms with Crippen LogP contribution in [0.25, 0.3) is 0 Å². The number of benzene rings is 1. The first-order valence-electron chi connectivity index (χ1n) is 6.46. The van der Waals surface area contributed by atoms with Crippen molar-refractivity contribution in [3.63, 3.8) is 0 Å². The zero-order valence-electron chi connectivity index (χ0n) is 12.1. The van der Waals surface area contributed by atoms with Gasteiger partial charge in [-0.05, 0) is 45.4 Å². The second kappa shape index (κ2) is 6.39. The summed E-state index contributed by atoms with van der Waals surface area (Å²) >= 11 is 3.39. The minimum Gasteiger partial charge on any atom is -0.481 e. The van der Waals surface area contributed by atoms with Gasteiger partial charge in [0.1, 0.15) is 0 Å². The molecule has 0 aliphatic rings. The van der Waals surface area contributed by atoms with Crippen LogP contribution in [0, 0.1) is 5.92 Å². The molecule has 20 heavy (non-hydrogen) atoms. The average Bonchev–Trinajstić information content (AvgIpc) is 2.37. The van der Waals surface area contributed by atoms with Gasteiger partial charge in [0.05, 0.1) is 11.3 Å². The molecule has 110 valence electrons. The fraction of sp³-hybridized carbons (Fsp3) is 0.467. The number of nitrogens with one attached hydrogen (secondary N) is 1. The Morgan fingerprint density at radius 3 is 2.40 bits per heavy atom. The average molecular weight is 342 g/mol. The summed E-state index contributed by atoms with van der Waals surface area (Å²) in [6, 6.07) is 7.12. The molecule has 1 rings (SSSR count). The Morgan fingerprint density at radius 2 is 1.90 bits per heavy atom. The first-order chi connectivity index (χ1) is 9.16. The lowest BCUT2D eigenvalue weighted by atomic mass is 9.83. The minimum atomic E-state index is -0.918. The van der Waals surface area contributed by atoms with Crippen LogP contribution in [0.1, 0.15) is 33.3 Å². The van der Waals surface area contributed by atoms with Crippen molar-refractivity contribution < 1.29 is 14.7 Å². The lowest BCUT2D eigenvalue weighted by molar-refractivity contribution is -0.142. The van der Waals surface area contributed by atoms with Crippen LogP contribution in [0.15, 0.2) is 28.7 Å². The third-order valence-electron chi connectivity index (χ3n) is 3.61. The Hall–Kier alpha value is -1.36.